The highest BCUT2D eigenvalue weighted by atomic mass is 19.3. The predicted octanol–water partition coefficient (Wildman–Crippen LogP) is 3.50. The standard InChI is InChI=1S/C11H15F2NO/c1-3-11(12,13)15-10-7-5-6-9(8-10)14-4-2/h5-8,14H,3-4H2,1-2H3. The summed E-state index contributed by atoms with van der Waals surface area (Å²) in [4.78, 5) is 0. The van der Waals surface area contributed by atoms with Crippen LogP contribution in [0.3, 0.4) is 0 Å². The molecule has 1 aromatic carbocycles. The highest BCUT2D eigenvalue weighted by Gasteiger charge is 2.28. The lowest BCUT2D eigenvalue weighted by molar-refractivity contribution is -0.177. The van der Waals surface area contributed by atoms with E-state index in [9.17, 15) is 8.78 Å². The largest absolute Gasteiger partial charge is 0.433 e. The average Bonchev–Trinajstić information content (AvgIpc) is 2.18. The van der Waals surface area contributed by atoms with Gasteiger partial charge in [0.1, 0.15) is 5.75 Å². The summed E-state index contributed by atoms with van der Waals surface area (Å²) < 4.78 is 30.4. The summed E-state index contributed by atoms with van der Waals surface area (Å²) in [5.74, 6) is 0.181. The Labute approximate surface area is 88.3 Å². The Morgan fingerprint density at radius 2 is 2.07 bits per heavy atom. The Balaban J connectivity index is 2.73. The molecule has 0 radical (unpaired) electrons. The van der Waals surface area contributed by atoms with Gasteiger partial charge in [-0.05, 0) is 19.1 Å². The van der Waals surface area contributed by atoms with Gasteiger partial charge in [-0.3, -0.25) is 0 Å². The van der Waals surface area contributed by atoms with Crippen LogP contribution in [0.4, 0.5) is 14.5 Å². The van der Waals surface area contributed by atoms with E-state index in [1.54, 1.807) is 18.2 Å². The van der Waals surface area contributed by atoms with Crippen molar-refractivity contribution in [3.63, 3.8) is 0 Å². The Bertz CT molecular complexity index is 315. The minimum absolute atomic E-state index is 0.181. The van der Waals surface area contributed by atoms with Gasteiger partial charge in [0.25, 0.3) is 0 Å². The number of anilines is 1. The van der Waals surface area contributed by atoms with Gasteiger partial charge in [-0.25, -0.2) is 0 Å². The van der Waals surface area contributed by atoms with E-state index in [4.69, 9.17) is 0 Å². The molecule has 0 bridgehead atoms. The van der Waals surface area contributed by atoms with Crippen LogP contribution in [0.25, 0.3) is 0 Å². The second-order valence-corrected chi connectivity index (χ2v) is 3.15. The van der Waals surface area contributed by atoms with Crippen LogP contribution in [-0.2, 0) is 0 Å². The molecule has 1 N–H and O–H groups in total. The van der Waals surface area contributed by atoms with Crippen molar-refractivity contribution >= 4 is 5.69 Å². The van der Waals surface area contributed by atoms with Crippen molar-refractivity contribution in [3.8, 4) is 5.75 Å². The van der Waals surface area contributed by atoms with Crippen molar-refractivity contribution < 1.29 is 13.5 Å². The molecule has 84 valence electrons. The van der Waals surface area contributed by atoms with Gasteiger partial charge in [0.15, 0.2) is 0 Å². The van der Waals surface area contributed by atoms with E-state index in [0.29, 0.717) is 0 Å². The zero-order chi connectivity index (χ0) is 11.3. The lowest BCUT2D eigenvalue weighted by Crippen LogP contribution is -2.23. The van der Waals surface area contributed by atoms with Crippen LogP contribution >= 0.6 is 0 Å². The topological polar surface area (TPSA) is 21.3 Å². The van der Waals surface area contributed by atoms with Crippen molar-refractivity contribution in [3.05, 3.63) is 24.3 Å². The van der Waals surface area contributed by atoms with Gasteiger partial charge >= 0.3 is 6.11 Å². The summed E-state index contributed by atoms with van der Waals surface area (Å²) in [6.45, 7) is 4.07. The van der Waals surface area contributed by atoms with Gasteiger partial charge in [0, 0.05) is 24.7 Å². The van der Waals surface area contributed by atoms with Crippen molar-refractivity contribution in [2.45, 2.75) is 26.4 Å². The summed E-state index contributed by atoms with van der Waals surface area (Å²) in [6, 6.07) is 6.57. The SMILES string of the molecule is CCNc1cccc(OC(F)(F)CC)c1. The highest BCUT2D eigenvalue weighted by molar-refractivity contribution is 5.48. The van der Waals surface area contributed by atoms with E-state index in [0.717, 1.165) is 12.2 Å². The minimum atomic E-state index is -3.09. The highest BCUT2D eigenvalue weighted by Crippen LogP contribution is 2.26. The van der Waals surface area contributed by atoms with Crippen LogP contribution in [0.2, 0.25) is 0 Å². The third-order valence-corrected chi connectivity index (χ3v) is 1.89. The zero-order valence-electron chi connectivity index (χ0n) is 8.89. The monoisotopic (exact) mass is 215 g/mol. The number of benzene rings is 1. The zero-order valence-corrected chi connectivity index (χ0v) is 8.89. The fourth-order valence-electron chi connectivity index (χ4n) is 1.12. The lowest BCUT2D eigenvalue weighted by atomic mass is 10.3. The summed E-state index contributed by atoms with van der Waals surface area (Å²) in [5.41, 5.74) is 0.780. The quantitative estimate of drug-likeness (QED) is 0.811. The van der Waals surface area contributed by atoms with Crippen LogP contribution in [0.15, 0.2) is 24.3 Å². The third kappa shape index (κ3) is 3.73. The molecule has 0 saturated heterocycles. The molecule has 0 aromatic heterocycles. The molecule has 1 aromatic rings. The van der Waals surface area contributed by atoms with Crippen molar-refractivity contribution in [2.24, 2.45) is 0 Å². The number of alkyl halides is 2. The van der Waals surface area contributed by atoms with E-state index in [1.807, 2.05) is 6.92 Å². The van der Waals surface area contributed by atoms with E-state index in [-0.39, 0.29) is 12.2 Å². The maximum Gasteiger partial charge on any atom is 0.397 e. The summed E-state index contributed by atoms with van der Waals surface area (Å²) in [6.07, 6.45) is -3.43. The fraction of sp³-hybridized carbons (Fsp3) is 0.455. The number of rotatable bonds is 5. The average molecular weight is 215 g/mol. The Kier molecular flexibility index (Phi) is 3.88. The Morgan fingerprint density at radius 3 is 2.67 bits per heavy atom. The van der Waals surface area contributed by atoms with E-state index in [1.165, 1.54) is 13.0 Å². The second-order valence-electron chi connectivity index (χ2n) is 3.15. The predicted molar refractivity (Wildman–Crippen MR) is 56.5 cm³/mol. The molecule has 0 aliphatic rings. The fourth-order valence-corrected chi connectivity index (χ4v) is 1.12. The molecule has 0 aliphatic heterocycles. The minimum Gasteiger partial charge on any atom is -0.433 e. The molecule has 0 aliphatic carbocycles. The molecule has 15 heavy (non-hydrogen) atoms. The maximum absolute atomic E-state index is 12.9. The molecular formula is C11H15F2NO. The molecule has 0 unspecified atom stereocenters. The van der Waals surface area contributed by atoms with E-state index in [2.05, 4.69) is 10.1 Å². The number of nitrogens with one attached hydrogen (secondary N) is 1. The number of halogens is 2. The normalized spacial score (nSPS) is 11.2. The van der Waals surface area contributed by atoms with Gasteiger partial charge in [-0.1, -0.05) is 13.0 Å². The van der Waals surface area contributed by atoms with Crippen LogP contribution in [0, 0.1) is 0 Å². The maximum atomic E-state index is 12.9. The second kappa shape index (κ2) is 4.96. The molecule has 0 amide bonds. The molecule has 0 atom stereocenters. The first kappa shape index (κ1) is 11.8. The van der Waals surface area contributed by atoms with Crippen molar-refractivity contribution in [1.29, 1.82) is 0 Å². The van der Waals surface area contributed by atoms with Gasteiger partial charge in [0.05, 0.1) is 0 Å². The van der Waals surface area contributed by atoms with Crippen LogP contribution in [-0.4, -0.2) is 12.7 Å². The molecule has 1 rings (SSSR count). The number of hydrogen-bond acceptors (Lipinski definition) is 2. The van der Waals surface area contributed by atoms with Crippen molar-refractivity contribution in [2.75, 3.05) is 11.9 Å². The summed E-state index contributed by atoms with van der Waals surface area (Å²) in [7, 11) is 0. The number of hydrogen-bond donors (Lipinski definition) is 1. The summed E-state index contributed by atoms with van der Waals surface area (Å²) >= 11 is 0. The molecule has 2 nitrogen and oxygen atoms in total. The van der Waals surface area contributed by atoms with Crippen LogP contribution < -0.4 is 10.1 Å². The first-order valence-corrected chi connectivity index (χ1v) is 4.98. The van der Waals surface area contributed by atoms with Crippen LogP contribution in [0.1, 0.15) is 20.3 Å². The summed E-state index contributed by atoms with van der Waals surface area (Å²) in [5, 5.41) is 3.03. The van der Waals surface area contributed by atoms with Crippen molar-refractivity contribution in [1.82, 2.24) is 0 Å². The number of ether oxygens (including phenoxy) is 1. The molecule has 0 saturated carbocycles. The molecular weight excluding hydrogens is 200 g/mol. The molecule has 0 heterocycles. The van der Waals surface area contributed by atoms with E-state index < -0.39 is 6.11 Å². The first-order valence-electron chi connectivity index (χ1n) is 4.98. The Hall–Kier alpha value is -1.32. The first-order chi connectivity index (χ1) is 7.07. The lowest BCUT2D eigenvalue weighted by Gasteiger charge is -2.16. The molecule has 0 fully saturated rings. The Morgan fingerprint density at radius 1 is 1.33 bits per heavy atom. The van der Waals surface area contributed by atoms with E-state index >= 15 is 0 Å². The van der Waals surface area contributed by atoms with Gasteiger partial charge in [0.2, 0.25) is 0 Å². The molecule has 0 spiro atoms. The smallest absolute Gasteiger partial charge is 0.397 e. The van der Waals surface area contributed by atoms with Gasteiger partial charge in [-0.2, -0.15) is 8.78 Å². The van der Waals surface area contributed by atoms with Gasteiger partial charge in [-0.15, -0.1) is 0 Å². The third-order valence-electron chi connectivity index (χ3n) is 1.89. The van der Waals surface area contributed by atoms with Gasteiger partial charge < -0.3 is 10.1 Å². The van der Waals surface area contributed by atoms with Crippen LogP contribution in [0.5, 0.6) is 5.75 Å². The molecule has 4 heteroatoms.